The number of nitrogens with zero attached hydrogens (tertiary/aromatic N) is 1. The van der Waals surface area contributed by atoms with Crippen LogP contribution in [0, 0.1) is 10.1 Å². The van der Waals surface area contributed by atoms with Crippen LogP contribution in [0.15, 0.2) is 47.4 Å². The first-order valence-corrected chi connectivity index (χ1v) is 8.03. The molecule has 2 aromatic rings. The van der Waals surface area contributed by atoms with Crippen LogP contribution in [0.4, 0.5) is 20.2 Å². The molecule has 1 amide bonds. The zero-order chi connectivity index (χ0) is 18.4. The van der Waals surface area contributed by atoms with E-state index in [9.17, 15) is 23.7 Å². The highest BCUT2D eigenvalue weighted by Gasteiger charge is 2.17. The molecule has 0 unspecified atom stereocenters. The van der Waals surface area contributed by atoms with E-state index in [1.165, 1.54) is 24.3 Å². The summed E-state index contributed by atoms with van der Waals surface area (Å²) in [6.07, 6.45) is 0. The highest BCUT2D eigenvalue weighted by molar-refractivity contribution is 7.99. The normalized spacial score (nSPS) is 10.6. The second-order valence-electron chi connectivity index (χ2n) is 4.58. The van der Waals surface area contributed by atoms with E-state index in [2.05, 4.69) is 5.32 Å². The number of rotatable bonds is 7. The fourth-order valence-electron chi connectivity index (χ4n) is 1.85. The van der Waals surface area contributed by atoms with Gasteiger partial charge in [-0.15, -0.1) is 0 Å². The maximum Gasteiger partial charge on any atom is 0.312 e. The van der Waals surface area contributed by atoms with Crippen molar-refractivity contribution in [2.24, 2.45) is 0 Å². The number of alkyl halides is 2. The van der Waals surface area contributed by atoms with Crippen molar-refractivity contribution in [1.82, 2.24) is 0 Å². The van der Waals surface area contributed by atoms with Gasteiger partial charge in [0.1, 0.15) is 0 Å². The molecule has 10 heteroatoms. The number of carbonyl (C=O) groups excluding carboxylic acids is 1. The minimum atomic E-state index is -2.63. The van der Waals surface area contributed by atoms with Gasteiger partial charge in [-0.3, -0.25) is 14.9 Å². The van der Waals surface area contributed by atoms with Gasteiger partial charge in [-0.1, -0.05) is 35.5 Å². The molecular formula is C15H11ClF2N2O4S. The third kappa shape index (κ3) is 5.57. The molecule has 0 spiro atoms. The number of nitro benzene ring substituents is 1. The highest BCUT2D eigenvalue weighted by Crippen LogP contribution is 2.32. The standard InChI is InChI=1S/C15H11ClF2N2O4S/c16-9-5-6-12(11(7-9)20(22)23)24-8-14(21)19-10-3-1-2-4-13(10)25-15(17)18/h1-7,15H,8H2,(H,19,21). The molecule has 0 fully saturated rings. The molecule has 0 atom stereocenters. The van der Waals surface area contributed by atoms with Crippen molar-refractivity contribution >= 4 is 40.6 Å². The molecule has 0 heterocycles. The summed E-state index contributed by atoms with van der Waals surface area (Å²) in [6.45, 7) is -0.532. The maximum atomic E-state index is 12.5. The Bertz CT molecular complexity index is 792. The van der Waals surface area contributed by atoms with Crippen molar-refractivity contribution in [1.29, 1.82) is 0 Å². The molecule has 1 N–H and O–H groups in total. The molecule has 0 aliphatic carbocycles. The third-order valence-corrected chi connectivity index (χ3v) is 3.88. The van der Waals surface area contributed by atoms with Gasteiger partial charge in [0.2, 0.25) is 0 Å². The quantitative estimate of drug-likeness (QED) is 0.426. The molecule has 0 aliphatic rings. The largest absolute Gasteiger partial charge is 0.477 e. The third-order valence-electron chi connectivity index (χ3n) is 2.85. The Morgan fingerprint density at radius 2 is 2.04 bits per heavy atom. The van der Waals surface area contributed by atoms with Crippen molar-refractivity contribution in [3.63, 3.8) is 0 Å². The Morgan fingerprint density at radius 1 is 1.32 bits per heavy atom. The van der Waals surface area contributed by atoms with E-state index in [4.69, 9.17) is 16.3 Å². The van der Waals surface area contributed by atoms with Gasteiger partial charge >= 0.3 is 5.69 Å². The molecule has 0 aliphatic heterocycles. The summed E-state index contributed by atoms with van der Waals surface area (Å²) in [4.78, 5) is 22.4. The average Bonchev–Trinajstić information content (AvgIpc) is 2.55. The predicted octanol–water partition coefficient (Wildman–Crippen LogP) is 4.58. The Labute approximate surface area is 150 Å². The molecule has 0 radical (unpaired) electrons. The van der Waals surface area contributed by atoms with Gasteiger partial charge < -0.3 is 10.1 Å². The number of benzene rings is 2. The second-order valence-corrected chi connectivity index (χ2v) is 6.05. The lowest BCUT2D eigenvalue weighted by Crippen LogP contribution is -2.20. The first-order valence-electron chi connectivity index (χ1n) is 6.77. The second kappa shape index (κ2) is 8.63. The summed E-state index contributed by atoms with van der Waals surface area (Å²) in [6, 6.07) is 9.81. The molecule has 25 heavy (non-hydrogen) atoms. The fraction of sp³-hybridized carbons (Fsp3) is 0.133. The molecule has 0 saturated carbocycles. The number of halogens is 3. The first kappa shape index (κ1) is 18.9. The molecule has 132 valence electrons. The number of hydrogen-bond acceptors (Lipinski definition) is 5. The Morgan fingerprint density at radius 3 is 2.72 bits per heavy atom. The number of thioether (sulfide) groups is 1. The lowest BCUT2D eigenvalue weighted by Gasteiger charge is -2.11. The van der Waals surface area contributed by atoms with Crippen LogP contribution in [0.25, 0.3) is 0 Å². The number of hydrogen-bond donors (Lipinski definition) is 1. The topological polar surface area (TPSA) is 81.5 Å². The van der Waals surface area contributed by atoms with Crippen LogP contribution >= 0.6 is 23.4 Å². The minimum absolute atomic E-state index is 0.125. The van der Waals surface area contributed by atoms with Gasteiger partial charge in [-0.2, -0.15) is 8.78 Å². The Hall–Kier alpha value is -2.39. The number of carbonyl (C=O) groups is 1. The summed E-state index contributed by atoms with van der Waals surface area (Å²) >= 11 is 5.98. The molecule has 2 aromatic carbocycles. The highest BCUT2D eigenvalue weighted by atomic mass is 35.5. The van der Waals surface area contributed by atoms with E-state index in [0.717, 1.165) is 6.07 Å². The van der Waals surface area contributed by atoms with Gasteiger partial charge in [-0.05, 0) is 24.3 Å². The summed E-state index contributed by atoms with van der Waals surface area (Å²) in [5, 5.41) is 13.5. The van der Waals surface area contributed by atoms with E-state index < -0.39 is 23.2 Å². The van der Waals surface area contributed by atoms with Crippen LogP contribution in [0.3, 0.4) is 0 Å². The van der Waals surface area contributed by atoms with Crippen molar-refractivity contribution in [3.05, 3.63) is 57.6 Å². The molecule has 0 aromatic heterocycles. The predicted molar refractivity (Wildman–Crippen MR) is 90.5 cm³/mol. The van der Waals surface area contributed by atoms with Crippen LogP contribution in [0.1, 0.15) is 0 Å². The zero-order valence-electron chi connectivity index (χ0n) is 12.4. The van der Waals surface area contributed by atoms with Crippen LogP contribution in [0.2, 0.25) is 5.02 Å². The molecule has 0 saturated heterocycles. The lowest BCUT2D eigenvalue weighted by atomic mass is 10.3. The fourth-order valence-corrected chi connectivity index (χ4v) is 2.61. The monoisotopic (exact) mass is 388 g/mol. The number of ether oxygens (including phenoxy) is 1. The average molecular weight is 389 g/mol. The number of anilines is 1. The molecule has 0 bridgehead atoms. The van der Waals surface area contributed by atoms with Gasteiger partial charge in [0.25, 0.3) is 11.7 Å². The smallest absolute Gasteiger partial charge is 0.312 e. The van der Waals surface area contributed by atoms with E-state index in [1.54, 1.807) is 12.1 Å². The van der Waals surface area contributed by atoms with Crippen LogP contribution < -0.4 is 10.1 Å². The van der Waals surface area contributed by atoms with Crippen LogP contribution in [0.5, 0.6) is 5.75 Å². The van der Waals surface area contributed by atoms with Gasteiger partial charge in [-0.25, -0.2) is 0 Å². The Kier molecular flexibility index (Phi) is 6.54. The maximum absolute atomic E-state index is 12.5. The van der Waals surface area contributed by atoms with E-state index in [1.807, 2.05) is 0 Å². The van der Waals surface area contributed by atoms with E-state index in [0.29, 0.717) is 11.8 Å². The van der Waals surface area contributed by atoms with Crippen LogP contribution in [-0.4, -0.2) is 23.2 Å². The van der Waals surface area contributed by atoms with Gasteiger partial charge in [0, 0.05) is 16.0 Å². The zero-order valence-corrected chi connectivity index (χ0v) is 14.0. The van der Waals surface area contributed by atoms with Crippen molar-refractivity contribution in [3.8, 4) is 5.75 Å². The summed E-state index contributed by atoms with van der Waals surface area (Å²) in [5.41, 5.74) is -0.180. The van der Waals surface area contributed by atoms with Crippen molar-refractivity contribution in [2.45, 2.75) is 10.7 Å². The Balaban J connectivity index is 2.04. The summed E-state index contributed by atoms with van der Waals surface area (Å²) in [5.74, 6) is -3.41. The van der Waals surface area contributed by atoms with Crippen LogP contribution in [-0.2, 0) is 4.79 Å². The summed E-state index contributed by atoms with van der Waals surface area (Å²) < 4.78 is 30.2. The number of nitrogens with one attached hydrogen (secondary N) is 1. The number of amides is 1. The lowest BCUT2D eigenvalue weighted by molar-refractivity contribution is -0.385. The first-order chi connectivity index (χ1) is 11.9. The van der Waals surface area contributed by atoms with E-state index in [-0.39, 0.29) is 27.0 Å². The molecular weight excluding hydrogens is 378 g/mol. The van der Waals surface area contributed by atoms with Crippen molar-refractivity contribution < 1.29 is 23.2 Å². The molecule has 6 nitrogen and oxygen atoms in total. The van der Waals surface area contributed by atoms with Gasteiger partial charge in [0.05, 0.1) is 10.6 Å². The minimum Gasteiger partial charge on any atom is -0.477 e. The number of nitro groups is 1. The summed E-state index contributed by atoms with van der Waals surface area (Å²) in [7, 11) is 0. The van der Waals surface area contributed by atoms with Crippen molar-refractivity contribution in [2.75, 3.05) is 11.9 Å². The molecule has 2 rings (SSSR count). The SMILES string of the molecule is O=C(COc1ccc(Cl)cc1[N+](=O)[O-])Nc1ccccc1SC(F)F. The van der Waals surface area contributed by atoms with E-state index >= 15 is 0 Å². The van der Waals surface area contributed by atoms with Gasteiger partial charge in [0.15, 0.2) is 12.4 Å². The number of para-hydroxylation sites is 1.